The molecule has 2 aromatic carbocycles. The summed E-state index contributed by atoms with van der Waals surface area (Å²) in [6.45, 7) is 6.69. The molecule has 0 amide bonds. The van der Waals surface area contributed by atoms with E-state index in [2.05, 4.69) is 42.3 Å². The van der Waals surface area contributed by atoms with Gasteiger partial charge in [0.2, 0.25) is 0 Å². The molecule has 0 atom stereocenters. The predicted octanol–water partition coefficient (Wildman–Crippen LogP) is 4.07. The van der Waals surface area contributed by atoms with Crippen molar-refractivity contribution in [2.45, 2.75) is 27.3 Å². The van der Waals surface area contributed by atoms with E-state index in [1.165, 1.54) is 11.1 Å². The van der Waals surface area contributed by atoms with Crippen LogP contribution in [0.2, 0.25) is 0 Å². The van der Waals surface area contributed by atoms with Crippen LogP contribution in [0.5, 0.6) is 0 Å². The average molecular weight is 292 g/mol. The highest BCUT2D eigenvalue weighted by Gasteiger charge is 2.06. The number of H-pyrrole nitrogens is 1. The molecule has 0 saturated carbocycles. The maximum atomic E-state index is 12.2. The second-order valence-electron chi connectivity index (χ2n) is 5.89. The predicted molar refractivity (Wildman–Crippen MR) is 92.5 cm³/mol. The molecule has 3 heteroatoms. The summed E-state index contributed by atoms with van der Waals surface area (Å²) in [6, 6.07) is 14.3. The number of benzene rings is 2. The fraction of sp³-hybridized carbons (Fsp3) is 0.211. The van der Waals surface area contributed by atoms with Crippen LogP contribution in [0.15, 0.2) is 47.3 Å². The Hall–Kier alpha value is -2.55. The van der Waals surface area contributed by atoms with Gasteiger partial charge in [-0.25, -0.2) is 0 Å². The van der Waals surface area contributed by atoms with Crippen molar-refractivity contribution in [3.05, 3.63) is 75.1 Å². The van der Waals surface area contributed by atoms with Crippen molar-refractivity contribution in [3.8, 4) is 0 Å². The van der Waals surface area contributed by atoms with Crippen LogP contribution < -0.4 is 10.9 Å². The van der Waals surface area contributed by atoms with Crippen molar-refractivity contribution in [1.82, 2.24) is 4.98 Å². The third kappa shape index (κ3) is 2.89. The standard InChI is InChI=1S/C19H20N2O/c1-12-4-6-16(7-5-12)20-11-15-10-17-14(3)8-13(2)9-18(17)21-19(15)22/h4-10,20H,11H2,1-3H3,(H,21,22). The zero-order valence-corrected chi connectivity index (χ0v) is 13.2. The molecule has 3 aromatic rings. The molecule has 3 nitrogen and oxygen atoms in total. The summed E-state index contributed by atoms with van der Waals surface area (Å²) in [5, 5.41) is 4.41. The Bertz CT molecular complexity index is 876. The number of aromatic nitrogens is 1. The molecule has 0 saturated heterocycles. The zero-order valence-electron chi connectivity index (χ0n) is 13.2. The molecule has 0 aliphatic carbocycles. The number of aryl methyl sites for hydroxylation is 3. The highest BCUT2D eigenvalue weighted by Crippen LogP contribution is 2.19. The Morgan fingerprint density at radius 1 is 0.955 bits per heavy atom. The minimum absolute atomic E-state index is 0.0305. The summed E-state index contributed by atoms with van der Waals surface area (Å²) in [6.07, 6.45) is 0. The summed E-state index contributed by atoms with van der Waals surface area (Å²) in [5.41, 5.74) is 6.21. The van der Waals surface area contributed by atoms with E-state index >= 15 is 0 Å². The van der Waals surface area contributed by atoms with Crippen LogP contribution in [0.25, 0.3) is 10.9 Å². The first kappa shape index (κ1) is 14.4. The van der Waals surface area contributed by atoms with E-state index in [1.807, 2.05) is 31.2 Å². The van der Waals surface area contributed by atoms with E-state index in [9.17, 15) is 4.79 Å². The number of pyridine rings is 1. The van der Waals surface area contributed by atoms with Crippen LogP contribution in [-0.2, 0) is 6.54 Å². The van der Waals surface area contributed by atoms with Crippen molar-refractivity contribution < 1.29 is 0 Å². The van der Waals surface area contributed by atoms with Crippen molar-refractivity contribution in [2.75, 3.05) is 5.32 Å². The minimum atomic E-state index is -0.0305. The fourth-order valence-electron chi connectivity index (χ4n) is 2.72. The quantitative estimate of drug-likeness (QED) is 0.764. The summed E-state index contributed by atoms with van der Waals surface area (Å²) in [4.78, 5) is 15.2. The highest BCUT2D eigenvalue weighted by atomic mass is 16.1. The number of nitrogens with one attached hydrogen (secondary N) is 2. The zero-order chi connectivity index (χ0) is 15.7. The second-order valence-corrected chi connectivity index (χ2v) is 5.89. The Balaban J connectivity index is 1.92. The van der Waals surface area contributed by atoms with E-state index in [4.69, 9.17) is 0 Å². The fourth-order valence-corrected chi connectivity index (χ4v) is 2.72. The molecular weight excluding hydrogens is 272 g/mol. The molecule has 0 fully saturated rings. The van der Waals surface area contributed by atoms with Gasteiger partial charge in [0.15, 0.2) is 0 Å². The van der Waals surface area contributed by atoms with E-state index in [0.29, 0.717) is 6.54 Å². The van der Waals surface area contributed by atoms with Crippen LogP contribution in [0.1, 0.15) is 22.3 Å². The Morgan fingerprint density at radius 3 is 2.41 bits per heavy atom. The van der Waals surface area contributed by atoms with Crippen LogP contribution in [0.3, 0.4) is 0 Å². The van der Waals surface area contributed by atoms with Crippen LogP contribution >= 0.6 is 0 Å². The first-order valence-electron chi connectivity index (χ1n) is 7.46. The lowest BCUT2D eigenvalue weighted by atomic mass is 10.0. The molecule has 3 rings (SSSR count). The summed E-state index contributed by atoms with van der Waals surface area (Å²) < 4.78 is 0. The molecule has 0 aliphatic rings. The van der Waals surface area contributed by atoms with Gasteiger partial charge in [-0.05, 0) is 56.2 Å². The van der Waals surface area contributed by atoms with Crippen LogP contribution in [0.4, 0.5) is 5.69 Å². The van der Waals surface area contributed by atoms with Crippen molar-refractivity contribution in [2.24, 2.45) is 0 Å². The molecule has 22 heavy (non-hydrogen) atoms. The molecule has 0 radical (unpaired) electrons. The number of rotatable bonds is 3. The molecule has 0 bridgehead atoms. The molecule has 1 heterocycles. The van der Waals surface area contributed by atoms with Gasteiger partial charge in [0.1, 0.15) is 0 Å². The topological polar surface area (TPSA) is 44.9 Å². The smallest absolute Gasteiger partial charge is 0.253 e. The lowest BCUT2D eigenvalue weighted by molar-refractivity contribution is 1.09. The van der Waals surface area contributed by atoms with E-state index in [1.54, 1.807) is 0 Å². The minimum Gasteiger partial charge on any atom is -0.381 e. The number of hydrogen-bond acceptors (Lipinski definition) is 2. The van der Waals surface area contributed by atoms with Crippen LogP contribution in [-0.4, -0.2) is 4.98 Å². The normalized spacial score (nSPS) is 10.9. The maximum absolute atomic E-state index is 12.2. The third-order valence-corrected chi connectivity index (χ3v) is 3.92. The number of aromatic amines is 1. The number of fused-ring (bicyclic) bond motifs is 1. The highest BCUT2D eigenvalue weighted by molar-refractivity contribution is 5.83. The van der Waals surface area contributed by atoms with Crippen molar-refractivity contribution in [3.63, 3.8) is 0 Å². The summed E-state index contributed by atoms with van der Waals surface area (Å²) in [7, 11) is 0. The average Bonchev–Trinajstić information content (AvgIpc) is 2.47. The van der Waals surface area contributed by atoms with E-state index < -0.39 is 0 Å². The largest absolute Gasteiger partial charge is 0.381 e. The SMILES string of the molecule is Cc1ccc(NCc2cc3c(C)cc(C)cc3[nH]c2=O)cc1. The summed E-state index contributed by atoms with van der Waals surface area (Å²) in [5.74, 6) is 0. The van der Waals surface area contributed by atoms with E-state index in [0.717, 1.165) is 27.7 Å². The molecule has 112 valence electrons. The van der Waals surface area contributed by atoms with Gasteiger partial charge in [0.25, 0.3) is 5.56 Å². The maximum Gasteiger partial charge on any atom is 0.253 e. The van der Waals surface area contributed by atoms with Gasteiger partial charge in [-0.3, -0.25) is 4.79 Å². The van der Waals surface area contributed by atoms with E-state index in [-0.39, 0.29) is 5.56 Å². The van der Waals surface area contributed by atoms with Gasteiger partial charge in [0, 0.05) is 28.7 Å². The molecule has 1 aromatic heterocycles. The first-order chi connectivity index (χ1) is 10.5. The first-order valence-corrected chi connectivity index (χ1v) is 7.46. The second kappa shape index (κ2) is 5.68. The lowest BCUT2D eigenvalue weighted by Gasteiger charge is -2.09. The Labute approximate surface area is 130 Å². The lowest BCUT2D eigenvalue weighted by Crippen LogP contribution is -2.16. The van der Waals surface area contributed by atoms with Crippen LogP contribution in [0, 0.1) is 20.8 Å². The number of anilines is 1. The van der Waals surface area contributed by atoms with Gasteiger partial charge in [0.05, 0.1) is 0 Å². The molecule has 0 spiro atoms. The van der Waals surface area contributed by atoms with Crippen molar-refractivity contribution >= 4 is 16.6 Å². The monoisotopic (exact) mass is 292 g/mol. The van der Waals surface area contributed by atoms with Gasteiger partial charge >= 0.3 is 0 Å². The van der Waals surface area contributed by atoms with Gasteiger partial charge in [-0.1, -0.05) is 23.8 Å². The van der Waals surface area contributed by atoms with Gasteiger partial charge < -0.3 is 10.3 Å². The van der Waals surface area contributed by atoms with Gasteiger partial charge in [-0.15, -0.1) is 0 Å². The summed E-state index contributed by atoms with van der Waals surface area (Å²) >= 11 is 0. The molecule has 0 unspecified atom stereocenters. The molecular formula is C19H20N2O. The molecule has 2 N–H and O–H groups in total. The Morgan fingerprint density at radius 2 is 1.68 bits per heavy atom. The van der Waals surface area contributed by atoms with Gasteiger partial charge in [-0.2, -0.15) is 0 Å². The number of hydrogen-bond donors (Lipinski definition) is 2. The Kier molecular flexibility index (Phi) is 3.72. The van der Waals surface area contributed by atoms with Crippen molar-refractivity contribution in [1.29, 1.82) is 0 Å². The third-order valence-electron chi connectivity index (χ3n) is 3.92. The molecule has 0 aliphatic heterocycles.